The highest BCUT2D eigenvalue weighted by Gasteiger charge is 2.62. The van der Waals surface area contributed by atoms with Crippen molar-refractivity contribution >= 4 is 43.9 Å². The van der Waals surface area contributed by atoms with E-state index in [1.54, 1.807) is 0 Å². The number of halogens is 1. The van der Waals surface area contributed by atoms with E-state index in [-0.39, 0.29) is 45.5 Å². The number of fused-ring (bicyclic) bond motifs is 3. The summed E-state index contributed by atoms with van der Waals surface area (Å²) in [6.45, 7) is 5.85. The van der Waals surface area contributed by atoms with Crippen molar-refractivity contribution < 1.29 is 52.8 Å². The van der Waals surface area contributed by atoms with Crippen molar-refractivity contribution in [2.24, 2.45) is 16.7 Å². The summed E-state index contributed by atoms with van der Waals surface area (Å²) in [4.78, 5) is 53.2. The SMILES string of the molecule is CC1(C)[C@H]2CC[C@@]1(C)C(OC(=O)Cc1nc(Cl)nc3c1ncn3[C@@H]1O[C@H](COP(=O)(O)CP(=O)(O)O)C(O)[C@@H]1O)C2. The van der Waals surface area contributed by atoms with Gasteiger partial charge >= 0.3 is 21.2 Å². The second-order valence-electron chi connectivity index (χ2n) is 11.8. The van der Waals surface area contributed by atoms with Crippen LogP contribution in [0.15, 0.2) is 6.33 Å². The molecule has 8 atom stereocenters. The lowest BCUT2D eigenvalue weighted by Crippen LogP contribution is -2.38. The van der Waals surface area contributed by atoms with Gasteiger partial charge in [0.15, 0.2) is 17.8 Å². The van der Waals surface area contributed by atoms with Crippen LogP contribution >= 0.6 is 26.8 Å². The van der Waals surface area contributed by atoms with E-state index in [9.17, 15) is 29.0 Å². The number of hydrogen-bond donors (Lipinski definition) is 5. The minimum Gasteiger partial charge on any atom is -0.461 e. The third-order valence-corrected chi connectivity index (χ3v) is 12.8. The molecule has 41 heavy (non-hydrogen) atoms. The summed E-state index contributed by atoms with van der Waals surface area (Å²) in [6, 6.07) is 0. The Kier molecular flexibility index (Phi) is 7.99. The zero-order valence-electron chi connectivity index (χ0n) is 22.5. The van der Waals surface area contributed by atoms with Gasteiger partial charge in [-0.1, -0.05) is 20.8 Å². The summed E-state index contributed by atoms with van der Waals surface area (Å²) in [5.41, 5.74) is 0.420. The van der Waals surface area contributed by atoms with Crippen LogP contribution in [0.3, 0.4) is 0 Å². The highest BCUT2D eigenvalue weighted by molar-refractivity contribution is 7.70. The van der Waals surface area contributed by atoms with E-state index >= 15 is 0 Å². The first-order chi connectivity index (χ1) is 18.9. The van der Waals surface area contributed by atoms with E-state index in [1.807, 2.05) is 0 Å². The fourth-order valence-electron chi connectivity index (χ4n) is 6.46. The summed E-state index contributed by atoms with van der Waals surface area (Å²) in [6.07, 6.45) is -2.12. The van der Waals surface area contributed by atoms with Crippen molar-refractivity contribution in [1.29, 1.82) is 0 Å². The van der Waals surface area contributed by atoms with Crippen LogP contribution in [-0.2, 0) is 34.3 Å². The van der Waals surface area contributed by atoms with E-state index < -0.39 is 58.2 Å². The Morgan fingerprint density at radius 1 is 1.20 bits per heavy atom. The second-order valence-corrected chi connectivity index (χ2v) is 16.1. The van der Waals surface area contributed by atoms with Gasteiger partial charge in [0.05, 0.1) is 25.0 Å². The second kappa shape index (κ2) is 10.6. The molecule has 3 aliphatic rings. The van der Waals surface area contributed by atoms with Crippen molar-refractivity contribution in [2.45, 2.75) is 77.1 Å². The number of aliphatic hydroxyl groups is 2. The van der Waals surface area contributed by atoms with Gasteiger partial charge in [0.25, 0.3) is 0 Å². The highest BCUT2D eigenvalue weighted by Crippen LogP contribution is 2.66. The lowest BCUT2D eigenvalue weighted by molar-refractivity contribution is -0.156. The number of aromatic nitrogens is 4. The first-order valence-corrected chi connectivity index (χ1v) is 17.0. The van der Waals surface area contributed by atoms with Crippen molar-refractivity contribution in [3.63, 3.8) is 0 Å². The van der Waals surface area contributed by atoms with Crippen molar-refractivity contribution in [3.8, 4) is 0 Å². The van der Waals surface area contributed by atoms with Crippen LogP contribution in [-0.4, -0.2) is 87.3 Å². The zero-order chi connectivity index (χ0) is 30.1. The number of ether oxygens (including phenoxy) is 2. The van der Waals surface area contributed by atoms with Gasteiger partial charge in [-0.15, -0.1) is 0 Å². The quantitative estimate of drug-likeness (QED) is 0.150. The third-order valence-electron chi connectivity index (χ3n) is 9.18. The molecule has 2 bridgehead atoms. The van der Waals surface area contributed by atoms with Gasteiger partial charge in [-0.05, 0) is 42.2 Å². The molecular weight excluding hydrogens is 606 g/mol. The first kappa shape index (κ1) is 30.9. The molecule has 1 saturated heterocycles. The lowest BCUT2D eigenvalue weighted by Gasteiger charge is -2.38. The molecule has 2 aliphatic carbocycles. The van der Waals surface area contributed by atoms with Gasteiger partial charge in [0, 0.05) is 5.41 Å². The van der Waals surface area contributed by atoms with E-state index in [0.717, 1.165) is 19.3 Å². The Hall–Kier alpha value is -1.51. The van der Waals surface area contributed by atoms with E-state index in [1.165, 1.54) is 10.9 Å². The number of imidazole rings is 1. The van der Waals surface area contributed by atoms with Crippen LogP contribution in [0.2, 0.25) is 5.28 Å². The van der Waals surface area contributed by atoms with Crippen molar-refractivity contribution in [1.82, 2.24) is 19.5 Å². The molecule has 5 N–H and O–H groups in total. The van der Waals surface area contributed by atoms with Crippen LogP contribution in [0.25, 0.3) is 11.2 Å². The first-order valence-electron chi connectivity index (χ1n) is 13.0. The van der Waals surface area contributed by atoms with Gasteiger partial charge in [-0.2, -0.15) is 4.98 Å². The van der Waals surface area contributed by atoms with Gasteiger partial charge < -0.3 is 38.9 Å². The van der Waals surface area contributed by atoms with Crippen LogP contribution in [0.5, 0.6) is 0 Å². The molecular formula is C23H33ClN4O11P2. The number of esters is 1. The van der Waals surface area contributed by atoms with Crippen LogP contribution in [0.1, 0.15) is 52.0 Å². The molecule has 3 fully saturated rings. The largest absolute Gasteiger partial charge is 0.461 e. The number of carbonyl (C=O) groups is 1. The fraction of sp³-hybridized carbons (Fsp3) is 0.739. The standard InChI is InChI=1S/C23H33ClN4O11P2/c1-22(2)11-4-5-23(22,3)14(6-11)39-15(29)7-12-16-19(27-21(24)26-12)28(9-25-16)20-18(31)17(30)13(38-20)8-37-41(35,36)10-40(32,33)34/h9,11,13-14,17-18,20,30-31H,4-8,10H2,1-3H3,(H,35,36)(H2,32,33,34)/t11-,13+,14?,17?,18-,20+,23-/m0/s1. The molecule has 2 saturated carbocycles. The summed E-state index contributed by atoms with van der Waals surface area (Å²) < 4.78 is 40.6. The van der Waals surface area contributed by atoms with Gasteiger partial charge in [0.1, 0.15) is 29.9 Å². The van der Waals surface area contributed by atoms with Crippen LogP contribution in [0.4, 0.5) is 0 Å². The molecule has 18 heteroatoms. The van der Waals surface area contributed by atoms with Crippen molar-refractivity contribution in [2.75, 3.05) is 12.5 Å². The molecule has 0 radical (unpaired) electrons. The molecule has 0 amide bonds. The number of carbonyl (C=O) groups excluding carboxylic acids is 1. The Bertz CT molecular complexity index is 1450. The Labute approximate surface area is 239 Å². The maximum atomic E-state index is 13.0. The average molecular weight is 639 g/mol. The number of aliphatic hydroxyl groups excluding tert-OH is 2. The van der Waals surface area contributed by atoms with Gasteiger partial charge in [-0.3, -0.25) is 18.5 Å². The maximum absolute atomic E-state index is 13.0. The topological polar surface area (TPSA) is 224 Å². The highest BCUT2D eigenvalue weighted by atomic mass is 35.5. The molecule has 2 aromatic rings. The minimum atomic E-state index is -4.86. The van der Waals surface area contributed by atoms with E-state index in [4.69, 9.17) is 35.4 Å². The summed E-state index contributed by atoms with van der Waals surface area (Å²) in [5.74, 6) is -1.42. The molecule has 0 aromatic carbocycles. The number of nitrogens with zero attached hydrogens (tertiary/aromatic N) is 4. The summed E-state index contributed by atoms with van der Waals surface area (Å²) in [5, 5.41) is 20.9. The monoisotopic (exact) mass is 638 g/mol. The third kappa shape index (κ3) is 5.74. The summed E-state index contributed by atoms with van der Waals surface area (Å²) in [7, 11) is -9.58. The molecule has 3 unspecified atom stereocenters. The molecule has 0 spiro atoms. The molecule has 1 aliphatic heterocycles. The normalized spacial score (nSPS) is 34.3. The van der Waals surface area contributed by atoms with Gasteiger partial charge in [-0.25, -0.2) is 9.97 Å². The van der Waals surface area contributed by atoms with Crippen molar-refractivity contribution in [3.05, 3.63) is 17.3 Å². The lowest BCUT2D eigenvalue weighted by atomic mass is 9.70. The number of rotatable bonds is 9. The Morgan fingerprint density at radius 3 is 2.51 bits per heavy atom. The molecule has 2 aromatic heterocycles. The van der Waals surface area contributed by atoms with Crippen LogP contribution < -0.4 is 0 Å². The molecule has 3 heterocycles. The Morgan fingerprint density at radius 2 is 1.90 bits per heavy atom. The zero-order valence-corrected chi connectivity index (χ0v) is 25.1. The Balaban J connectivity index is 1.31. The maximum Gasteiger partial charge on any atom is 0.340 e. The minimum absolute atomic E-state index is 0.0611. The number of hydrogen-bond acceptors (Lipinski definition) is 11. The van der Waals surface area contributed by atoms with E-state index in [2.05, 4.69) is 35.7 Å². The fourth-order valence-corrected chi connectivity index (χ4v) is 9.21. The predicted molar refractivity (Wildman–Crippen MR) is 142 cm³/mol. The average Bonchev–Trinajstić information content (AvgIpc) is 3.49. The molecule has 15 nitrogen and oxygen atoms in total. The molecule has 228 valence electrons. The summed E-state index contributed by atoms with van der Waals surface area (Å²) >= 11 is 6.16. The van der Waals surface area contributed by atoms with Gasteiger partial charge in [0.2, 0.25) is 5.28 Å². The smallest absolute Gasteiger partial charge is 0.340 e. The van der Waals surface area contributed by atoms with Crippen LogP contribution in [0, 0.1) is 16.7 Å². The molecule has 5 rings (SSSR count). The van der Waals surface area contributed by atoms with E-state index in [0.29, 0.717) is 5.92 Å². The predicted octanol–water partition coefficient (Wildman–Crippen LogP) is 1.74.